The van der Waals surface area contributed by atoms with Gasteiger partial charge in [0.15, 0.2) is 0 Å². The molecule has 1 atom stereocenters. The van der Waals surface area contributed by atoms with E-state index in [0.717, 1.165) is 31.4 Å². The Bertz CT molecular complexity index is 485. The molecule has 1 unspecified atom stereocenters. The minimum Gasteiger partial charge on any atom is -0.322 e. The van der Waals surface area contributed by atoms with E-state index in [9.17, 15) is 18.0 Å². The minimum absolute atomic E-state index is 0.00370. The lowest BCUT2D eigenvalue weighted by molar-refractivity contribution is -0.137. The zero-order valence-corrected chi connectivity index (χ0v) is 11.9. The van der Waals surface area contributed by atoms with Crippen molar-refractivity contribution in [1.82, 2.24) is 10.2 Å². The van der Waals surface area contributed by atoms with Crippen LogP contribution in [0, 0.1) is 0 Å². The molecule has 0 aromatic heterocycles. The van der Waals surface area contributed by atoms with Crippen LogP contribution in [0.15, 0.2) is 24.3 Å². The van der Waals surface area contributed by atoms with Crippen LogP contribution >= 0.6 is 0 Å². The SMILES string of the molecule is CCCCCN1C(=O)CNC1c1ccc(C(F)(F)F)cc1. The van der Waals surface area contributed by atoms with Gasteiger partial charge in [-0.1, -0.05) is 31.9 Å². The first-order chi connectivity index (χ1) is 9.93. The summed E-state index contributed by atoms with van der Waals surface area (Å²) in [6.07, 6.45) is -1.67. The molecule has 0 saturated carbocycles. The number of hydrogen-bond donors (Lipinski definition) is 1. The van der Waals surface area contributed by atoms with Gasteiger partial charge in [0.2, 0.25) is 5.91 Å². The van der Waals surface area contributed by atoms with E-state index >= 15 is 0 Å². The van der Waals surface area contributed by atoms with Crippen LogP contribution in [0.25, 0.3) is 0 Å². The van der Waals surface area contributed by atoms with Crippen LogP contribution in [0.5, 0.6) is 0 Å². The molecule has 1 aromatic rings. The van der Waals surface area contributed by atoms with E-state index in [1.54, 1.807) is 4.90 Å². The molecule has 21 heavy (non-hydrogen) atoms. The molecule has 0 bridgehead atoms. The maximum Gasteiger partial charge on any atom is 0.416 e. The molecule has 1 N–H and O–H groups in total. The molecule has 6 heteroatoms. The van der Waals surface area contributed by atoms with Gasteiger partial charge < -0.3 is 4.90 Å². The Kier molecular flexibility index (Phi) is 4.88. The van der Waals surface area contributed by atoms with Crippen LogP contribution in [0.4, 0.5) is 13.2 Å². The summed E-state index contributed by atoms with van der Waals surface area (Å²) in [7, 11) is 0. The molecule has 1 aliphatic heterocycles. The molecule has 1 heterocycles. The molecule has 0 aliphatic carbocycles. The number of nitrogens with one attached hydrogen (secondary N) is 1. The van der Waals surface area contributed by atoms with Gasteiger partial charge in [-0.3, -0.25) is 10.1 Å². The fraction of sp³-hybridized carbons (Fsp3) is 0.533. The van der Waals surface area contributed by atoms with E-state index in [2.05, 4.69) is 12.2 Å². The highest BCUT2D eigenvalue weighted by Gasteiger charge is 2.33. The average Bonchev–Trinajstić information content (AvgIpc) is 2.80. The number of carbonyl (C=O) groups is 1. The van der Waals surface area contributed by atoms with Crippen molar-refractivity contribution in [3.8, 4) is 0 Å². The Labute approximate surface area is 122 Å². The van der Waals surface area contributed by atoms with Crippen molar-refractivity contribution in [3.63, 3.8) is 0 Å². The molecule has 116 valence electrons. The molecule has 1 aliphatic rings. The zero-order valence-electron chi connectivity index (χ0n) is 11.9. The lowest BCUT2D eigenvalue weighted by Crippen LogP contribution is -2.31. The largest absolute Gasteiger partial charge is 0.416 e. The molecular formula is C15H19F3N2O. The number of alkyl halides is 3. The smallest absolute Gasteiger partial charge is 0.322 e. The van der Waals surface area contributed by atoms with E-state index in [1.807, 2.05) is 0 Å². The number of unbranched alkanes of at least 4 members (excludes halogenated alkanes) is 2. The molecule has 0 radical (unpaired) electrons. The van der Waals surface area contributed by atoms with Gasteiger partial charge in [0.05, 0.1) is 12.1 Å². The number of hydrogen-bond acceptors (Lipinski definition) is 2. The Morgan fingerprint density at radius 2 is 1.90 bits per heavy atom. The minimum atomic E-state index is -4.34. The van der Waals surface area contributed by atoms with Crippen LogP contribution < -0.4 is 5.32 Å². The van der Waals surface area contributed by atoms with Crippen molar-refractivity contribution in [2.45, 2.75) is 38.5 Å². The van der Waals surface area contributed by atoms with Crippen molar-refractivity contribution in [1.29, 1.82) is 0 Å². The summed E-state index contributed by atoms with van der Waals surface area (Å²) >= 11 is 0. The highest BCUT2D eigenvalue weighted by atomic mass is 19.4. The van der Waals surface area contributed by atoms with Crippen molar-refractivity contribution >= 4 is 5.91 Å². The third-order valence-corrected chi connectivity index (χ3v) is 3.63. The third-order valence-electron chi connectivity index (χ3n) is 3.63. The van der Waals surface area contributed by atoms with Crippen LogP contribution in [0.2, 0.25) is 0 Å². The third kappa shape index (κ3) is 3.75. The van der Waals surface area contributed by atoms with Crippen LogP contribution in [-0.2, 0) is 11.0 Å². The first kappa shape index (κ1) is 15.8. The Hall–Kier alpha value is -1.56. The van der Waals surface area contributed by atoms with Gasteiger partial charge in [0, 0.05) is 6.54 Å². The molecule has 2 rings (SSSR count). The van der Waals surface area contributed by atoms with Gasteiger partial charge in [0.25, 0.3) is 0 Å². The van der Waals surface area contributed by atoms with Gasteiger partial charge in [-0.15, -0.1) is 0 Å². The fourth-order valence-corrected chi connectivity index (χ4v) is 2.48. The van der Waals surface area contributed by atoms with Gasteiger partial charge in [-0.2, -0.15) is 13.2 Å². The van der Waals surface area contributed by atoms with Gasteiger partial charge in [-0.05, 0) is 24.1 Å². The first-order valence-corrected chi connectivity index (χ1v) is 7.13. The second kappa shape index (κ2) is 6.47. The first-order valence-electron chi connectivity index (χ1n) is 7.13. The molecular weight excluding hydrogens is 281 g/mol. The predicted molar refractivity (Wildman–Crippen MR) is 73.4 cm³/mol. The maximum atomic E-state index is 12.6. The van der Waals surface area contributed by atoms with Crippen molar-refractivity contribution < 1.29 is 18.0 Å². The van der Waals surface area contributed by atoms with Crippen molar-refractivity contribution in [2.75, 3.05) is 13.1 Å². The van der Waals surface area contributed by atoms with Crippen LogP contribution in [0.1, 0.15) is 43.5 Å². The van der Waals surface area contributed by atoms with E-state index in [0.29, 0.717) is 12.1 Å². The number of nitrogens with zero attached hydrogens (tertiary/aromatic N) is 1. The highest BCUT2D eigenvalue weighted by Crippen LogP contribution is 2.31. The van der Waals surface area contributed by atoms with E-state index < -0.39 is 11.7 Å². The molecule has 1 aromatic carbocycles. The Balaban J connectivity index is 2.10. The maximum absolute atomic E-state index is 12.6. The Morgan fingerprint density at radius 3 is 2.48 bits per heavy atom. The Morgan fingerprint density at radius 1 is 1.24 bits per heavy atom. The number of halogens is 3. The van der Waals surface area contributed by atoms with Gasteiger partial charge >= 0.3 is 6.18 Å². The average molecular weight is 300 g/mol. The zero-order chi connectivity index (χ0) is 15.5. The van der Waals surface area contributed by atoms with E-state index in [1.165, 1.54) is 12.1 Å². The van der Waals surface area contributed by atoms with Gasteiger partial charge in [0.1, 0.15) is 6.17 Å². The van der Waals surface area contributed by atoms with E-state index in [-0.39, 0.29) is 18.6 Å². The highest BCUT2D eigenvalue weighted by molar-refractivity contribution is 5.80. The lowest BCUT2D eigenvalue weighted by Gasteiger charge is -2.25. The van der Waals surface area contributed by atoms with Crippen LogP contribution in [0.3, 0.4) is 0 Å². The fourth-order valence-electron chi connectivity index (χ4n) is 2.48. The summed E-state index contributed by atoms with van der Waals surface area (Å²) in [6, 6.07) is 4.99. The van der Waals surface area contributed by atoms with Crippen LogP contribution in [-0.4, -0.2) is 23.9 Å². The van der Waals surface area contributed by atoms with E-state index in [4.69, 9.17) is 0 Å². The van der Waals surface area contributed by atoms with Gasteiger partial charge in [-0.25, -0.2) is 0 Å². The summed E-state index contributed by atoms with van der Waals surface area (Å²) < 4.78 is 37.7. The number of carbonyl (C=O) groups excluding carboxylic acids is 1. The van der Waals surface area contributed by atoms with Crippen molar-refractivity contribution in [2.24, 2.45) is 0 Å². The quantitative estimate of drug-likeness (QED) is 0.846. The monoisotopic (exact) mass is 300 g/mol. The summed E-state index contributed by atoms with van der Waals surface area (Å²) in [5.74, 6) is -0.00370. The molecule has 3 nitrogen and oxygen atoms in total. The topological polar surface area (TPSA) is 32.3 Å². The summed E-state index contributed by atoms with van der Waals surface area (Å²) in [6.45, 7) is 2.95. The molecule has 1 saturated heterocycles. The molecule has 1 fully saturated rings. The summed E-state index contributed by atoms with van der Waals surface area (Å²) in [5, 5.41) is 3.05. The lowest BCUT2D eigenvalue weighted by atomic mass is 10.1. The normalized spacial score (nSPS) is 19.3. The molecule has 0 spiro atoms. The summed E-state index contributed by atoms with van der Waals surface area (Å²) in [5.41, 5.74) is 0.0125. The standard InChI is InChI=1S/C15H19F3N2O/c1-2-3-4-9-20-13(21)10-19-14(20)11-5-7-12(8-6-11)15(16,17)18/h5-8,14,19H,2-4,9-10H2,1H3. The number of benzene rings is 1. The van der Waals surface area contributed by atoms with Crippen molar-refractivity contribution in [3.05, 3.63) is 35.4 Å². The second-order valence-corrected chi connectivity index (χ2v) is 5.20. The second-order valence-electron chi connectivity index (χ2n) is 5.20. The number of amides is 1. The molecule has 1 amide bonds. The summed E-state index contributed by atoms with van der Waals surface area (Å²) in [4.78, 5) is 13.6. The number of rotatable bonds is 5. The predicted octanol–water partition coefficient (Wildman–Crippen LogP) is 3.33.